The first-order valence-corrected chi connectivity index (χ1v) is 10.2. The van der Waals surface area contributed by atoms with Crippen molar-refractivity contribution < 1.29 is 18.9 Å². The van der Waals surface area contributed by atoms with Crippen molar-refractivity contribution in [3.8, 4) is 0 Å². The fourth-order valence-electron chi connectivity index (χ4n) is 1.52. The van der Waals surface area contributed by atoms with Gasteiger partial charge in [-0.25, -0.2) is 4.79 Å². The SMILES string of the molecule is COC(=O)N[C@@H](C[N+](=O)[O-])C(C)(C)CO[Si](C)(C)C(C)(C)C. The Labute approximate surface area is 134 Å². The Morgan fingerprint density at radius 1 is 1.27 bits per heavy atom. The van der Waals surface area contributed by atoms with Crippen LogP contribution in [0.2, 0.25) is 18.1 Å². The molecule has 1 atom stereocenters. The molecular formula is C14H30N2O5Si. The van der Waals surface area contributed by atoms with Crippen LogP contribution < -0.4 is 5.32 Å². The second kappa shape index (κ2) is 7.41. The normalized spacial score (nSPS) is 14.4. The minimum atomic E-state index is -1.96. The largest absolute Gasteiger partial charge is 0.453 e. The first kappa shape index (κ1) is 20.8. The maximum Gasteiger partial charge on any atom is 0.407 e. The predicted octanol–water partition coefficient (Wildman–Crippen LogP) is 3.04. The number of amides is 1. The van der Waals surface area contributed by atoms with Crippen molar-refractivity contribution in [3.05, 3.63) is 10.1 Å². The number of carbonyl (C=O) groups excluding carboxylic acids is 1. The summed E-state index contributed by atoms with van der Waals surface area (Å²) in [4.78, 5) is 21.9. The van der Waals surface area contributed by atoms with E-state index in [2.05, 4.69) is 43.9 Å². The summed E-state index contributed by atoms with van der Waals surface area (Å²) in [6, 6.07) is -0.667. The highest BCUT2D eigenvalue weighted by Gasteiger charge is 2.41. The quantitative estimate of drug-likeness (QED) is 0.439. The third-order valence-electron chi connectivity index (χ3n) is 4.36. The molecule has 0 aromatic heterocycles. The third kappa shape index (κ3) is 6.31. The molecule has 0 spiro atoms. The number of hydrogen-bond donors (Lipinski definition) is 1. The summed E-state index contributed by atoms with van der Waals surface area (Å²) in [5.41, 5.74) is -0.587. The van der Waals surface area contributed by atoms with Gasteiger partial charge in [-0.05, 0) is 18.1 Å². The van der Waals surface area contributed by atoms with Crippen LogP contribution in [0.3, 0.4) is 0 Å². The van der Waals surface area contributed by atoms with E-state index in [0.717, 1.165) is 0 Å². The van der Waals surface area contributed by atoms with Crippen molar-refractivity contribution in [2.45, 2.75) is 58.8 Å². The molecule has 7 nitrogen and oxygen atoms in total. The molecule has 0 fully saturated rings. The molecule has 1 N–H and O–H groups in total. The Bertz CT molecular complexity index is 405. The number of ether oxygens (including phenoxy) is 1. The second-order valence-corrected chi connectivity index (χ2v) is 12.6. The maximum atomic E-state index is 11.4. The molecule has 1 amide bonds. The highest BCUT2D eigenvalue weighted by atomic mass is 28.4. The van der Waals surface area contributed by atoms with E-state index in [-0.39, 0.29) is 11.6 Å². The van der Waals surface area contributed by atoms with Gasteiger partial charge in [0.15, 0.2) is 8.32 Å². The fourth-order valence-corrected chi connectivity index (χ4v) is 2.69. The first-order chi connectivity index (χ1) is 9.73. The van der Waals surface area contributed by atoms with Gasteiger partial charge in [-0.3, -0.25) is 10.1 Å². The van der Waals surface area contributed by atoms with E-state index in [1.54, 1.807) is 0 Å². The molecule has 0 aromatic rings. The molecule has 0 heterocycles. The third-order valence-corrected chi connectivity index (χ3v) is 8.84. The number of nitrogens with zero attached hydrogens (tertiary/aromatic N) is 1. The molecular weight excluding hydrogens is 304 g/mol. The first-order valence-electron chi connectivity index (χ1n) is 7.33. The summed E-state index contributed by atoms with van der Waals surface area (Å²) >= 11 is 0. The van der Waals surface area contributed by atoms with Crippen molar-refractivity contribution in [3.63, 3.8) is 0 Å². The van der Waals surface area contributed by atoms with E-state index in [1.165, 1.54) is 7.11 Å². The highest BCUT2D eigenvalue weighted by molar-refractivity contribution is 6.74. The summed E-state index contributed by atoms with van der Waals surface area (Å²) in [6.45, 7) is 14.3. The lowest BCUT2D eigenvalue weighted by Gasteiger charge is -2.40. The topological polar surface area (TPSA) is 90.7 Å². The van der Waals surface area contributed by atoms with Crippen LogP contribution in [0.5, 0.6) is 0 Å². The Morgan fingerprint density at radius 3 is 2.14 bits per heavy atom. The molecule has 0 aromatic carbocycles. The fraction of sp³-hybridized carbons (Fsp3) is 0.929. The van der Waals surface area contributed by atoms with Crippen LogP contribution in [-0.2, 0) is 9.16 Å². The molecule has 0 saturated heterocycles. The molecule has 8 heteroatoms. The standard InChI is InChI=1S/C14H30N2O5Si/c1-13(2,3)22(7,8)21-10-14(4,5)11(9-16(18)19)15-12(17)20-6/h11H,9-10H2,1-8H3,(H,15,17)/t11-/m0/s1. The second-order valence-electron chi connectivity index (χ2n) is 7.74. The number of carbonyl (C=O) groups is 1. The minimum absolute atomic E-state index is 0.0530. The van der Waals surface area contributed by atoms with E-state index >= 15 is 0 Å². The van der Waals surface area contributed by atoms with Crippen molar-refractivity contribution in [1.82, 2.24) is 5.32 Å². The summed E-state index contributed by atoms with van der Waals surface area (Å²) in [5.74, 6) is 0. The average molecular weight is 334 g/mol. The zero-order valence-electron chi connectivity index (χ0n) is 15.0. The monoisotopic (exact) mass is 334 g/mol. The molecule has 0 bridgehead atoms. The molecule has 0 saturated carbocycles. The summed E-state index contributed by atoms with van der Waals surface area (Å²) in [6.07, 6.45) is -0.674. The van der Waals surface area contributed by atoms with Gasteiger partial charge in [0.05, 0.1) is 7.11 Å². The van der Waals surface area contributed by atoms with Crippen LogP contribution in [-0.4, -0.2) is 45.6 Å². The molecule has 0 rings (SSSR count). The molecule has 0 unspecified atom stereocenters. The van der Waals surface area contributed by atoms with Gasteiger partial charge in [-0.15, -0.1) is 0 Å². The van der Waals surface area contributed by atoms with E-state index in [1.807, 2.05) is 13.8 Å². The van der Waals surface area contributed by atoms with Crippen molar-refractivity contribution in [2.24, 2.45) is 5.41 Å². The van der Waals surface area contributed by atoms with Gasteiger partial charge in [-0.2, -0.15) is 0 Å². The Balaban J connectivity index is 5.03. The zero-order chi connectivity index (χ0) is 17.8. The summed E-state index contributed by atoms with van der Waals surface area (Å²) in [7, 11) is -0.729. The molecule has 0 aliphatic rings. The Morgan fingerprint density at radius 2 is 1.77 bits per heavy atom. The smallest absolute Gasteiger partial charge is 0.407 e. The van der Waals surface area contributed by atoms with Gasteiger partial charge < -0.3 is 14.5 Å². The van der Waals surface area contributed by atoms with Crippen molar-refractivity contribution >= 4 is 14.4 Å². The average Bonchev–Trinajstić information content (AvgIpc) is 2.33. The van der Waals surface area contributed by atoms with Crippen LogP contribution in [0, 0.1) is 15.5 Å². The van der Waals surface area contributed by atoms with E-state index < -0.39 is 30.8 Å². The predicted molar refractivity (Wildman–Crippen MR) is 88.1 cm³/mol. The highest BCUT2D eigenvalue weighted by Crippen LogP contribution is 2.38. The number of nitrogens with one attached hydrogen (secondary N) is 1. The summed E-state index contributed by atoms with van der Waals surface area (Å²) < 4.78 is 10.7. The van der Waals surface area contributed by atoms with Crippen molar-refractivity contribution in [1.29, 1.82) is 0 Å². The number of rotatable bonds is 7. The Hall–Kier alpha value is -1.15. The van der Waals surface area contributed by atoms with E-state index in [4.69, 9.17) is 4.43 Å². The van der Waals surface area contributed by atoms with Gasteiger partial charge in [0.25, 0.3) is 0 Å². The van der Waals surface area contributed by atoms with Crippen LogP contribution in [0.25, 0.3) is 0 Å². The summed E-state index contributed by atoms with van der Waals surface area (Å²) in [5, 5.41) is 13.5. The van der Waals surface area contributed by atoms with E-state index in [9.17, 15) is 14.9 Å². The van der Waals surface area contributed by atoms with Gasteiger partial charge in [0, 0.05) is 16.9 Å². The lowest BCUT2D eigenvalue weighted by Crippen LogP contribution is -2.53. The van der Waals surface area contributed by atoms with E-state index in [0.29, 0.717) is 6.61 Å². The molecule has 0 radical (unpaired) electrons. The minimum Gasteiger partial charge on any atom is -0.453 e. The molecule has 130 valence electrons. The molecule has 0 aliphatic carbocycles. The van der Waals surface area contributed by atoms with Gasteiger partial charge in [0.1, 0.15) is 6.04 Å². The maximum absolute atomic E-state index is 11.4. The van der Waals surface area contributed by atoms with Gasteiger partial charge >= 0.3 is 6.09 Å². The van der Waals surface area contributed by atoms with Crippen LogP contribution >= 0.6 is 0 Å². The van der Waals surface area contributed by atoms with Crippen LogP contribution in [0.1, 0.15) is 34.6 Å². The number of alkyl carbamates (subject to hydrolysis) is 1. The molecule has 22 heavy (non-hydrogen) atoms. The van der Waals surface area contributed by atoms with Crippen molar-refractivity contribution in [2.75, 3.05) is 20.3 Å². The van der Waals surface area contributed by atoms with Crippen LogP contribution in [0.4, 0.5) is 4.79 Å². The number of methoxy groups -OCH3 is 1. The Kier molecular flexibility index (Phi) is 7.02. The molecule has 0 aliphatic heterocycles. The lowest BCUT2D eigenvalue weighted by molar-refractivity contribution is -0.486. The van der Waals surface area contributed by atoms with Gasteiger partial charge in [0.2, 0.25) is 6.54 Å². The number of hydrogen-bond acceptors (Lipinski definition) is 5. The zero-order valence-corrected chi connectivity index (χ0v) is 16.0. The van der Waals surface area contributed by atoms with Gasteiger partial charge in [-0.1, -0.05) is 34.6 Å². The lowest BCUT2D eigenvalue weighted by atomic mass is 9.85. The van der Waals surface area contributed by atoms with Crippen LogP contribution in [0.15, 0.2) is 0 Å². The number of nitro groups is 1.